The van der Waals surface area contributed by atoms with Crippen molar-refractivity contribution in [3.05, 3.63) is 0 Å². The van der Waals surface area contributed by atoms with Gasteiger partial charge in [-0.1, -0.05) is 174 Å². The summed E-state index contributed by atoms with van der Waals surface area (Å²) in [6.07, 6.45) is 35.8. The fourth-order valence-electron chi connectivity index (χ4n) is 5.30. The van der Waals surface area contributed by atoms with E-state index in [-0.39, 0.29) is 56.7 Å². The average Bonchev–Trinajstić information content (AvgIpc) is 2.94. The van der Waals surface area contributed by atoms with E-state index in [1.54, 1.807) is 0 Å². The number of rotatable bonds is 32. The Morgan fingerprint density at radius 2 is 0.628 bits per heavy atom. The van der Waals surface area contributed by atoms with Gasteiger partial charge in [-0.25, -0.2) is 0 Å². The molecular weight excluding hydrogens is 526 g/mol. The second-order valence-corrected chi connectivity index (χ2v) is 12.3. The zero-order valence-electron chi connectivity index (χ0n) is 29.6. The van der Waals surface area contributed by atoms with Crippen LogP contribution in [0.3, 0.4) is 0 Å². The number of hydrogen-bond donors (Lipinski definition) is 1. The number of hydrogen-bond acceptors (Lipinski definition) is 5. The first-order valence-electron chi connectivity index (χ1n) is 18.0. The minimum atomic E-state index is -0.928. The van der Waals surface area contributed by atoms with Crippen LogP contribution in [0, 0.1) is 0 Å². The van der Waals surface area contributed by atoms with Crippen molar-refractivity contribution in [1.82, 2.24) is 0 Å². The summed E-state index contributed by atoms with van der Waals surface area (Å²) in [5.41, 5.74) is 0. The minimum Gasteiger partial charge on any atom is -0.550 e. The molecule has 0 fully saturated rings. The molecule has 0 rings (SSSR count). The Kier molecular flexibility index (Phi) is 51.4. The molecule has 1 N–H and O–H groups in total. The molecule has 0 amide bonds. The van der Waals surface area contributed by atoms with Crippen molar-refractivity contribution >= 4 is 11.9 Å². The Labute approximate surface area is 292 Å². The fourth-order valence-corrected chi connectivity index (χ4v) is 5.30. The predicted octanol–water partition coefficient (Wildman–Crippen LogP) is 2.97. The molecule has 0 aromatic carbocycles. The molecule has 0 aromatic heterocycles. The second-order valence-electron chi connectivity index (χ2n) is 12.3. The number of carbonyl (C=O) groups excluding carboxylic acids is 2. The fraction of sp³-hybridized carbons (Fsp3) is 0.944. The first-order valence-corrected chi connectivity index (χ1v) is 18.0. The van der Waals surface area contributed by atoms with Crippen LogP contribution in [-0.2, 0) is 9.59 Å². The van der Waals surface area contributed by atoms with Gasteiger partial charge >= 0.3 is 37.7 Å². The molecule has 0 aliphatic heterocycles. The molecule has 0 heterocycles. The van der Waals surface area contributed by atoms with Crippen LogP contribution in [0.15, 0.2) is 0 Å². The molecule has 0 aliphatic rings. The van der Waals surface area contributed by atoms with Gasteiger partial charge < -0.3 is 24.9 Å². The molecule has 43 heavy (non-hydrogen) atoms. The number of aliphatic hydroxyl groups excluding tert-OH is 1. The molecule has 5 nitrogen and oxygen atoms in total. The van der Waals surface area contributed by atoms with E-state index in [4.69, 9.17) is 0 Å². The van der Waals surface area contributed by atoms with Crippen LogP contribution in [0.1, 0.15) is 213 Å². The molecule has 0 saturated heterocycles. The smallest absolute Gasteiger partial charge is 0.550 e. The Morgan fingerprint density at radius 3 is 0.884 bits per heavy atom. The van der Waals surface area contributed by atoms with Crippen LogP contribution in [0.25, 0.3) is 0 Å². The van der Waals surface area contributed by atoms with E-state index in [2.05, 4.69) is 13.8 Å². The van der Waals surface area contributed by atoms with Gasteiger partial charge in [0.05, 0.1) is 6.10 Å². The van der Waals surface area contributed by atoms with E-state index in [0.29, 0.717) is 0 Å². The van der Waals surface area contributed by atoms with Gasteiger partial charge in [-0.15, -0.1) is 0 Å². The van der Waals surface area contributed by atoms with Crippen LogP contribution < -0.4 is 47.9 Å². The number of unbranched alkanes of at least 4 members (excludes halogenated alkanes) is 24. The zero-order valence-corrected chi connectivity index (χ0v) is 29.6. The third kappa shape index (κ3) is 51.9. The van der Waals surface area contributed by atoms with Crippen molar-refractivity contribution in [3.8, 4) is 0 Å². The molecule has 7 heteroatoms. The van der Waals surface area contributed by atoms with Gasteiger partial charge in [0.2, 0.25) is 0 Å². The number of carboxylic acids is 2. The molecular formula is C36H70Li2O5. The van der Waals surface area contributed by atoms with Gasteiger partial charge in [0, 0.05) is 11.9 Å². The summed E-state index contributed by atoms with van der Waals surface area (Å²) in [5.74, 6) is -1.83. The number of carbonyl (C=O) groups is 2. The molecule has 0 radical (unpaired) electrons. The monoisotopic (exact) mass is 597 g/mol. The SMILES string of the molecule is CCCCCCC(O)CCCCCCCCCCC(=O)[O-].CCCCCCCCCCCCCCCCCC(=O)[O-].[Li+].[Li+]. The van der Waals surface area contributed by atoms with Crippen molar-refractivity contribution in [2.24, 2.45) is 0 Å². The molecule has 0 spiro atoms. The summed E-state index contributed by atoms with van der Waals surface area (Å²) in [6, 6.07) is 0. The van der Waals surface area contributed by atoms with Gasteiger partial charge in [0.25, 0.3) is 0 Å². The third-order valence-corrected chi connectivity index (χ3v) is 8.04. The molecule has 1 unspecified atom stereocenters. The normalized spacial score (nSPS) is 11.1. The Hall–Kier alpha value is 0.0948. The Balaban J connectivity index is -0.000000338. The Bertz CT molecular complexity index is 534. The standard InChI is InChI=1S/C18H36O3.C18H36O2.2Li/c1-2-3-4-11-14-17(19)15-12-9-7-5-6-8-10-13-16-18(20)21;1-2-3-4-5-6-7-8-9-10-11-12-13-14-15-16-17-18(19)20;;/h17,19H,2-16H2,1H3,(H,20,21);2-17H2,1H3,(H,19,20);;/q;;2*+1/p-2. The zero-order chi connectivity index (χ0) is 30.7. The predicted molar refractivity (Wildman–Crippen MR) is 170 cm³/mol. The van der Waals surface area contributed by atoms with E-state index in [1.807, 2.05) is 0 Å². The topological polar surface area (TPSA) is 100 Å². The van der Waals surface area contributed by atoms with Crippen LogP contribution in [0.4, 0.5) is 0 Å². The quantitative estimate of drug-likeness (QED) is 0.0951. The largest absolute Gasteiger partial charge is 1.00 e. The first kappa shape index (κ1) is 50.0. The first-order chi connectivity index (χ1) is 19.9. The van der Waals surface area contributed by atoms with E-state index >= 15 is 0 Å². The maximum absolute atomic E-state index is 10.2. The Morgan fingerprint density at radius 1 is 0.419 bits per heavy atom. The second kappa shape index (κ2) is 44.2. The summed E-state index contributed by atoms with van der Waals surface area (Å²) < 4.78 is 0. The van der Waals surface area contributed by atoms with E-state index < -0.39 is 11.9 Å². The van der Waals surface area contributed by atoms with Crippen molar-refractivity contribution in [2.45, 2.75) is 219 Å². The molecule has 0 bridgehead atoms. The molecule has 0 aromatic rings. The van der Waals surface area contributed by atoms with E-state index in [0.717, 1.165) is 51.4 Å². The summed E-state index contributed by atoms with van der Waals surface area (Å²) in [5, 5.41) is 30.3. The van der Waals surface area contributed by atoms with Crippen LogP contribution >= 0.6 is 0 Å². The average molecular weight is 597 g/mol. The van der Waals surface area contributed by atoms with Crippen LogP contribution in [0.5, 0.6) is 0 Å². The van der Waals surface area contributed by atoms with Gasteiger partial charge in [-0.2, -0.15) is 0 Å². The number of carboxylic acid groups (broad SMARTS) is 2. The summed E-state index contributed by atoms with van der Waals surface area (Å²) >= 11 is 0. The molecule has 0 aliphatic carbocycles. The van der Waals surface area contributed by atoms with Crippen LogP contribution in [0.2, 0.25) is 0 Å². The van der Waals surface area contributed by atoms with Crippen molar-refractivity contribution in [1.29, 1.82) is 0 Å². The number of aliphatic carboxylic acids is 2. The van der Waals surface area contributed by atoms with Crippen molar-refractivity contribution in [3.63, 3.8) is 0 Å². The van der Waals surface area contributed by atoms with Crippen molar-refractivity contribution in [2.75, 3.05) is 0 Å². The summed E-state index contributed by atoms with van der Waals surface area (Å²) in [4.78, 5) is 20.5. The molecule has 246 valence electrons. The molecule has 1 atom stereocenters. The maximum Gasteiger partial charge on any atom is 1.00 e. The van der Waals surface area contributed by atoms with Gasteiger partial charge in [0.15, 0.2) is 0 Å². The van der Waals surface area contributed by atoms with Gasteiger partial charge in [-0.3, -0.25) is 0 Å². The third-order valence-electron chi connectivity index (χ3n) is 8.04. The van der Waals surface area contributed by atoms with E-state index in [9.17, 15) is 24.9 Å². The summed E-state index contributed by atoms with van der Waals surface area (Å²) in [6.45, 7) is 4.48. The number of aliphatic hydroxyl groups is 1. The van der Waals surface area contributed by atoms with Crippen LogP contribution in [-0.4, -0.2) is 23.1 Å². The van der Waals surface area contributed by atoms with Gasteiger partial charge in [0.1, 0.15) is 0 Å². The molecule has 0 saturated carbocycles. The maximum atomic E-state index is 10.2. The van der Waals surface area contributed by atoms with E-state index in [1.165, 1.54) is 135 Å². The van der Waals surface area contributed by atoms with Gasteiger partial charge in [-0.05, 0) is 38.5 Å². The summed E-state index contributed by atoms with van der Waals surface area (Å²) in [7, 11) is 0. The van der Waals surface area contributed by atoms with Crippen molar-refractivity contribution < 1.29 is 62.6 Å². The minimum absolute atomic E-state index is 0.